The molecule has 0 saturated heterocycles. The Kier molecular flexibility index (Phi) is 3.55. The molecule has 0 unspecified atom stereocenters. The second-order valence-electron chi connectivity index (χ2n) is 5.15. The lowest BCUT2D eigenvalue weighted by atomic mass is 10.1. The van der Waals surface area contributed by atoms with Crippen molar-refractivity contribution in [1.82, 2.24) is 25.0 Å². The van der Waals surface area contributed by atoms with Crippen molar-refractivity contribution in [3.05, 3.63) is 79.0 Å². The lowest BCUT2D eigenvalue weighted by molar-refractivity contribution is 0.631. The van der Waals surface area contributed by atoms with Gasteiger partial charge in [-0.05, 0) is 36.4 Å². The van der Waals surface area contributed by atoms with E-state index >= 15 is 0 Å². The van der Waals surface area contributed by atoms with Crippen molar-refractivity contribution >= 4 is 0 Å². The van der Waals surface area contributed by atoms with Gasteiger partial charge < -0.3 is 0 Å². The maximum absolute atomic E-state index is 14.4. The van der Waals surface area contributed by atoms with Gasteiger partial charge in [-0.3, -0.25) is 4.98 Å². The number of hydrogen-bond donors (Lipinski definition) is 0. The summed E-state index contributed by atoms with van der Waals surface area (Å²) in [6.07, 6.45) is 5.04. The van der Waals surface area contributed by atoms with Crippen LogP contribution in [-0.2, 0) is 0 Å². The zero-order chi connectivity index (χ0) is 16.4. The van der Waals surface area contributed by atoms with E-state index in [2.05, 4.69) is 20.3 Å². The number of pyridine rings is 2. The van der Waals surface area contributed by atoms with Crippen LogP contribution in [0.2, 0.25) is 0 Å². The molecule has 0 bridgehead atoms. The second kappa shape index (κ2) is 6.00. The summed E-state index contributed by atoms with van der Waals surface area (Å²) in [7, 11) is 0. The number of hydrogen-bond acceptors (Lipinski definition) is 4. The van der Waals surface area contributed by atoms with Crippen molar-refractivity contribution in [2.24, 2.45) is 0 Å². The van der Waals surface area contributed by atoms with Gasteiger partial charge in [0.2, 0.25) is 0 Å². The van der Waals surface area contributed by atoms with Crippen molar-refractivity contribution in [3.63, 3.8) is 0 Å². The Balaban J connectivity index is 1.69. The molecule has 116 valence electrons. The van der Waals surface area contributed by atoms with Gasteiger partial charge in [-0.1, -0.05) is 23.4 Å². The molecule has 0 radical (unpaired) electrons. The van der Waals surface area contributed by atoms with Gasteiger partial charge in [0.25, 0.3) is 0 Å². The normalized spacial score (nSPS) is 10.7. The van der Waals surface area contributed by atoms with Gasteiger partial charge in [-0.2, -0.15) is 0 Å². The first kappa shape index (κ1) is 14.2. The highest BCUT2D eigenvalue weighted by atomic mass is 19.1. The fourth-order valence-corrected chi connectivity index (χ4v) is 2.40. The Labute approximate surface area is 137 Å². The molecule has 0 N–H and O–H groups in total. The minimum Gasteiger partial charge on any atom is -0.256 e. The Hall–Kier alpha value is -3.41. The summed E-state index contributed by atoms with van der Waals surface area (Å²) in [6.45, 7) is 0. The Morgan fingerprint density at radius 3 is 2.38 bits per heavy atom. The second-order valence-corrected chi connectivity index (χ2v) is 5.15. The number of aromatic nitrogens is 5. The standard InChI is InChI=1S/C18H12FN5/c19-15-11-13(7-8-14(15)16-5-1-3-9-20-16)17-12-24(23-22-17)18-6-2-4-10-21-18/h1-12H. The molecule has 0 amide bonds. The molecular weight excluding hydrogens is 305 g/mol. The smallest absolute Gasteiger partial charge is 0.155 e. The van der Waals surface area contributed by atoms with Crippen LogP contribution in [-0.4, -0.2) is 25.0 Å². The number of rotatable bonds is 3. The highest BCUT2D eigenvalue weighted by molar-refractivity contribution is 5.67. The molecule has 4 rings (SSSR count). The van der Waals surface area contributed by atoms with Gasteiger partial charge in [0.1, 0.15) is 11.5 Å². The predicted octanol–water partition coefficient (Wildman–Crippen LogP) is 3.53. The van der Waals surface area contributed by atoms with E-state index in [4.69, 9.17) is 0 Å². The third-order valence-corrected chi connectivity index (χ3v) is 3.58. The van der Waals surface area contributed by atoms with Crippen molar-refractivity contribution in [2.75, 3.05) is 0 Å². The summed E-state index contributed by atoms with van der Waals surface area (Å²) < 4.78 is 16.0. The number of benzene rings is 1. The maximum Gasteiger partial charge on any atom is 0.155 e. The first-order valence-corrected chi connectivity index (χ1v) is 7.36. The molecule has 4 aromatic rings. The van der Waals surface area contributed by atoms with Crippen molar-refractivity contribution in [2.45, 2.75) is 0 Å². The molecule has 0 aliphatic carbocycles. The van der Waals surface area contributed by atoms with Crippen LogP contribution in [0.25, 0.3) is 28.3 Å². The van der Waals surface area contributed by atoms with E-state index in [1.807, 2.05) is 24.3 Å². The molecular formula is C18H12FN5. The van der Waals surface area contributed by atoms with Gasteiger partial charge in [-0.15, -0.1) is 5.10 Å². The van der Waals surface area contributed by atoms with Crippen molar-refractivity contribution in [3.8, 4) is 28.3 Å². The molecule has 6 heteroatoms. The van der Waals surface area contributed by atoms with Gasteiger partial charge in [0.05, 0.1) is 11.9 Å². The molecule has 0 atom stereocenters. The van der Waals surface area contributed by atoms with E-state index in [0.717, 1.165) is 0 Å². The van der Waals surface area contributed by atoms with E-state index in [1.165, 1.54) is 6.07 Å². The summed E-state index contributed by atoms with van der Waals surface area (Å²) in [5, 5.41) is 8.14. The van der Waals surface area contributed by atoms with Crippen LogP contribution < -0.4 is 0 Å². The molecule has 5 nitrogen and oxygen atoms in total. The van der Waals surface area contributed by atoms with Crippen LogP contribution >= 0.6 is 0 Å². The van der Waals surface area contributed by atoms with Gasteiger partial charge in [0, 0.05) is 23.5 Å². The van der Waals surface area contributed by atoms with Crippen molar-refractivity contribution in [1.29, 1.82) is 0 Å². The zero-order valence-corrected chi connectivity index (χ0v) is 12.5. The average molecular weight is 317 g/mol. The summed E-state index contributed by atoms with van der Waals surface area (Å²) in [5.74, 6) is 0.306. The zero-order valence-electron chi connectivity index (χ0n) is 12.5. The van der Waals surface area contributed by atoms with E-state index in [9.17, 15) is 4.39 Å². The number of nitrogens with zero attached hydrogens (tertiary/aromatic N) is 5. The predicted molar refractivity (Wildman–Crippen MR) is 87.8 cm³/mol. The maximum atomic E-state index is 14.4. The third-order valence-electron chi connectivity index (χ3n) is 3.58. The van der Waals surface area contributed by atoms with E-state index in [1.54, 1.807) is 47.5 Å². The minimum absolute atomic E-state index is 0.349. The first-order valence-electron chi connectivity index (χ1n) is 7.36. The summed E-state index contributed by atoms with van der Waals surface area (Å²) in [4.78, 5) is 8.38. The highest BCUT2D eigenvalue weighted by Gasteiger charge is 2.11. The fraction of sp³-hybridized carbons (Fsp3) is 0. The van der Waals surface area contributed by atoms with Crippen LogP contribution in [0.3, 0.4) is 0 Å². The Bertz CT molecular complexity index is 967. The SMILES string of the molecule is Fc1cc(-c2cn(-c3ccccn3)nn2)ccc1-c1ccccn1. The van der Waals surface area contributed by atoms with Gasteiger partial charge in [-0.25, -0.2) is 14.1 Å². The molecule has 3 aromatic heterocycles. The molecule has 24 heavy (non-hydrogen) atoms. The average Bonchev–Trinajstić information content (AvgIpc) is 3.13. The highest BCUT2D eigenvalue weighted by Crippen LogP contribution is 2.25. The molecule has 3 heterocycles. The van der Waals surface area contributed by atoms with Gasteiger partial charge in [0.15, 0.2) is 5.82 Å². The van der Waals surface area contributed by atoms with Gasteiger partial charge >= 0.3 is 0 Å². The molecule has 0 aliphatic heterocycles. The molecule has 0 aliphatic rings. The number of halogens is 1. The van der Waals surface area contributed by atoms with E-state index in [-0.39, 0.29) is 5.82 Å². The van der Waals surface area contributed by atoms with Crippen LogP contribution in [0.5, 0.6) is 0 Å². The summed E-state index contributed by atoms with van der Waals surface area (Å²) >= 11 is 0. The van der Waals surface area contributed by atoms with Crippen LogP contribution in [0.4, 0.5) is 4.39 Å². The quantitative estimate of drug-likeness (QED) is 0.580. The molecule has 1 aromatic carbocycles. The van der Waals surface area contributed by atoms with E-state index < -0.39 is 0 Å². The van der Waals surface area contributed by atoms with Crippen LogP contribution in [0, 0.1) is 5.82 Å². The van der Waals surface area contributed by atoms with Crippen LogP contribution in [0.15, 0.2) is 73.2 Å². The minimum atomic E-state index is -0.349. The third kappa shape index (κ3) is 2.65. The molecule has 0 spiro atoms. The Morgan fingerprint density at radius 2 is 1.67 bits per heavy atom. The Morgan fingerprint density at radius 1 is 0.833 bits per heavy atom. The topological polar surface area (TPSA) is 56.5 Å². The molecule has 0 saturated carbocycles. The molecule has 0 fully saturated rings. The monoisotopic (exact) mass is 317 g/mol. The van der Waals surface area contributed by atoms with E-state index in [0.29, 0.717) is 28.3 Å². The lowest BCUT2D eigenvalue weighted by Crippen LogP contribution is -1.96. The largest absolute Gasteiger partial charge is 0.256 e. The van der Waals surface area contributed by atoms with Crippen LogP contribution in [0.1, 0.15) is 0 Å². The lowest BCUT2D eigenvalue weighted by Gasteiger charge is -2.04. The van der Waals surface area contributed by atoms with Crippen molar-refractivity contribution < 1.29 is 4.39 Å². The first-order chi connectivity index (χ1) is 11.8. The fourth-order valence-electron chi connectivity index (χ4n) is 2.40. The summed E-state index contributed by atoms with van der Waals surface area (Å²) in [5.41, 5.74) is 2.27. The summed E-state index contributed by atoms with van der Waals surface area (Å²) in [6, 6.07) is 15.9.